The van der Waals surface area contributed by atoms with Gasteiger partial charge >= 0.3 is 190 Å². The Hall–Kier alpha value is -1.57. The molecule has 0 bridgehead atoms. The molecule has 0 amide bonds. The molecule has 0 aliphatic heterocycles. The van der Waals surface area contributed by atoms with E-state index < -0.39 is 33.5 Å². The molecule has 0 spiro atoms. The van der Waals surface area contributed by atoms with E-state index in [-0.39, 0.29) is 12.0 Å². The Kier molecular flexibility index (Phi) is 6.01. The Bertz CT molecular complexity index is 1110. The minimum absolute atomic E-state index is 0.0901. The quantitative estimate of drug-likeness (QED) is 0.301. The predicted molar refractivity (Wildman–Crippen MR) is 117 cm³/mol. The summed E-state index contributed by atoms with van der Waals surface area (Å²) in [6.45, 7) is 2.12. The van der Waals surface area contributed by atoms with Gasteiger partial charge in [-0.1, -0.05) is 0 Å². The van der Waals surface area contributed by atoms with Crippen LogP contribution in [-0.4, -0.2) is 57.7 Å². The first kappa shape index (κ1) is 21.3. The molecule has 5 atom stereocenters. The number of rotatable bonds is 7. The van der Waals surface area contributed by atoms with Gasteiger partial charge in [-0.15, -0.1) is 0 Å². The molecule has 1 aromatic carbocycles. The molecule has 31 heavy (non-hydrogen) atoms. The topological polar surface area (TPSA) is 76.7 Å². The molecule has 6 nitrogen and oxygen atoms in total. The molecular weight excluding hydrogens is 483 g/mol. The third-order valence-electron chi connectivity index (χ3n) is 5.98. The molecule has 0 radical (unpaired) electrons. The van der Waals surface area contributed by atoms with Crippen molar-refractivity contribution in [2.75, 3.05) is 5.75 Å². The van der Waals surface area contributed by atoms with Crippen LogP contribution in [0.15, 0.2) is 23.4 Å². The third-order valence-corrected chi connectivity index (χ3v) is 10.5. The summed E-state index contributed by atoms with van der Waals surface area (Å²) in [6, 6.07) is 4.13. The molecule has 2 heterocycles. The van der Waals surface area contributed by atoms with E-state index in [9.17, 15) is 13.9 Å². The normalized spacial score (nSPS) is 25.8. The zero-order valence-corrected chi connectivity index (χ0v) is 20.0. The molecule has 3 unspecified atom stereocenters. The Labute approximate surface area is 189 Å². The molecule has 5 rings (SSSR count). The average Bonchev–Trinajstić information content (AvgIpc) is 3.18. The van der Waals surface area contributed by atoms with Gasteiger partial charge in [0.2, 0.25) is 0 Å². The molecule has 1 N–H and O–H groups in total. The summed E-state index contributed by atoms with van der Waals surface area (Å²) in [5.41, 5.74) is 2.30. The molecule has 2 aliphatic rings. The molecule has 10 heteroatoms. The SMILES string of the molecule is CCCSc1nc([AsH]C2CC2c2ccc(F)c(F)c2)c2nnn([C@@H]3CCC[C@H]3O)c2n1. The van der Waals surface area contributed by atoms with E-state index >= 15 is 0 Å². The van der Waals surface area contributed by atoms with E-state index in [4.69, 9.17) is 9.97 Å². The van der Waals surface area contributed by atoms with Gasteiger partial charge in [0.05, 0.1) is 0 Å². The summed E-state index contributed by atoms with van der Waals surface area (Å²) in [7, 11) is 0. The van der Waals surface area contributed by atoms with Crippen LogP contribution in [0.25, 0.3) is 11.2 Å². The fraction of sp³-hybridized carbons (Fsp3) is 0.524. The van der Waals surface area contributed by atoms with Crippen molar-refractivity contribution in [3.63, 3.8) is 0 Å². The van der Waals surface area contributed by atoms with Crippen LogP contribution >= 0.6 is 11.8 Å². The molecule has 2 aromatic heterocycles. The van der Waals surface area contributed by atoms with Crippen molar-refractivity contribution in [2.24, 2.45) is 0 Å². The van der Waals surface area contributed by atoms with Gasteiger partial charge in [0.25, 0.3) is 0 Å². The second-order valence-corrected chi connectivity index (χ2v) is 12.5. The Morgan fingerprint density at radius 2 is 2.10 bits per heavy atom. The van der Waals surface area contributed by atoms with E-state index in [0.717, 1.165) is 58.6 Å². The third kappa shape index (κ3) is 4.24. The molecule has 2 aliphatic carbocycles. The summed E-state index contributed by atoms with van der Waals surface area (Å²) in [5, 5.41) is 19.9. The van der Waals surface area contributed by atoms with Gasteiger partial charge < -0.3 is 0 Å². The summed E-state index contributed by atoms with van der Waals surface area (Å²) in [4.78, 5) is 9.58. The van der Waals surface area contributed by atoms with E-state index in [1.165, 1.54) is 12.1 Å². The number of fused-ring (bicyclic) bond motifs is 1. The van der Waals surface area contributed by atoms with Crippen LogP contribution in [0.5, 0.6) is 0 Å². The van der Waals surface area contributed by atoms with Gasteiger partial charge in [-0.05, 0) is 0 Å². The van der Waals surface area contributed by atoms with Gasteiger partial charge in [0.1, 0.15) is 0 Å². The zero-order chi connectivity index (χ0) is 21.5. The first-order chi connectivity index (χ1) is 15.0. The van der Waals surface area contributed by atoms with Crippen LogP contribution in [-0.2, 0) is 0 Å². The van der Waals surface area contributed by atoms with Crippen LogP contribution in [0.2, 0.25) is 4.71 Å². The molecule has 3 aromatic rings. The van der Waals surface area contributed by atoms with Crippen molar-refractivity contribution in [3.05, 3.63) is 35.4 Å². The standard InChI is InChI=1S/C21H24AsF2N5OS/c1-2-8-31-21-25-19(22-13-10-12(13)11-6-7-14(23)15(24)9-11)18-20(26-21)29(28-27-18)16-4-3-5-17(16)30/h6-7,9,12-13,16-17,22,30H,2-5,8,10H2,1H3/t12?,13?,16-,17-/m1/s1. The number of hydrogen-bond donors (Lipinski definition) is 1. The van der Waals surface area contributed by atoms with Crippen LogP contribution < -0.4 is 4.48 Å². The summed E-state index contributed by atoms with van der Waals surface area (Å²) >= 11 is 0.954. The van der Waals surface area contributed by atoms with Crippen molar-refractivity contribution < 1.29 is 13.9 Å². The maximum atomic E-state index is 13.7. The van der Waals surface area contributed by atoms with Crippen LogP contribution in [0, 0.1) is 11.6 Å². The summed E-state index contributed by atoms with van der Waals surface area (Å²) in [5.74, 6) is -0.417. The first-order valence-electron chi connectivity index (χ1n) is 10.7. The van der Waals surface area contributed by atoms with Crippen LogP contribution in [0.4, 0.5) is 8.78 Å². The van der Waals surface area contributed by atoms with E-state index in [1.807, 2.05) is 0 Å². The van der Waals surface area contributed by atoms with E-state index in [0.29, 0.717) is 10.4 Å². The second kappa shape index (κ2) is 8.75. The number of halogens is 2. The number of aromatic nitrogens is 5. The van der Waals surface area contributed by atoms with Gasteiger partial charge in [-0.2, -0.15) is 0 Å². The number of benzene rings is 1. The number of hydrogen-bond acceptors (Lipinski definition) is 6. The molecule has 2 fully saturated rings. The molecular formula is C21H24AsF2N5OS. The van der Waals surface area contributed by atoms with Gasteiger partial charge in [-0.25, -0.2) is 0 Å². The fourth-order valence-electron chi connectivity index (χ4n) is 4.24. The molecule has 0 saturated heterocycles. The first-order valence-corrected chi connectivity index (χ1v) is 13.9. The van der Waals surface area contributed by atoms with Crippen LogP contribution in [0.1, 0.15) is 56.6 Å². The number of thioether (sulfide) groups is 1. The monoisotopic (exact) mass is 507 g/mol. The second-order valence-electron chi connectivity index (χ2n) is 8.24. The Morgan fingerprint density at radius 3 is 2.84 bits per heavy atom. The number of aliphatic hydroxyl groups excluding tert-OH is 1. The fourth-order valence-corrected chi connectivity index (χ4v) is 8.43. The van der Waals surface area contributed by atoms with Crippen molar-refractivity contribution >= 4 is 43.2 Å². The zero-order valence-electron chi connectivity index (χ0n) is 17.1. The van der Waals surface area contributed by atoms with Gasteiger partial charge in [0.15, 0.2) is 0 Å². The Balaban J connectivity index is 1.44. The molecule has 2 saturated carbocycles. The molecule has 164 valence electrons. The van der Waals surface area contributed by atoms with E-state index in [1.54, 1.807) is 22.5 Å². The number of nitrogens with zero attached hydrogens (tertiary/aromatic N) is 5. The Morgan fingerprint density at radius 1 is 1.23 bits per heavy atom. The van der Waals surface area contributed by atoms with Gasteiger partial charge in [0, 0.05) is 0 Å². The number of aliphatic hydroxyl groups is 1. The summed E-state index contributed by atoms with van der Waals surface area (Å²) < 4.78 is 30.1. The summed E-state index contributed by atoms with van der Waals surface area (Å²) in [6.07, 6.45) is 4.17. The minimum atomic E-state index is -0.808. The predicted octanol–water partition coefficient (Wildman–Crippen LogP) is 3.13. The average molecular weight is 507 g/mol. The van der Waals surface area contributed by atoms with Crippen molar-refractivity contribution in [2.45, 2.75) is 67.0 Å². The van der Waals surface area contributed by atoms with Crippen molar-refractivity contribution in [1.29, 1.82) is 0 Å². The van der Waals surface area contributed by atoms with Crippen LogP contribution in [0.3, 0.4) is 0 Å². The maximum absolute atomic E-state index is 13.7. The van der Waals surface area contributed by atoms with Crippen molar-refractivity contribution in [1.82, 2.24) is 25.0 Å². The van der Waals surface area contributed by atoms with E-state index in [2.05, 4.69) is 17.2 Å². The van der Waals surface area contributed by atoms with Gasteiger partial charge in [-0.3, -0.25) is 0 Å². The van der Waals surface area contributed by atoms with Crippen molar-refractivity contribution in [3.8, 4) is 0 Å².